The summed E-state index contributed by atoms with van der Waals surface area (Å²) in [6.45, 7) is 4.42. The number of aliphatic hydroxyl groups excluding tert-OH is 1. The zero-order chi connectivity index (χ0) is 19.3. The van der Waals surface area contributed by atoms with Crippen LogP contribution in [0.3, 0.4) is 0 Å². The normalized spacial score (nSPS) is 35.9. The maximum absolute atomic E-state index is 12.4. The number of carbonyl (C=O) groups excluding carboxylic acids is 1. The summed E-state index contributed by atoms with van der Waals surface area (Å²) >= 11 is 0. The maximum Gasteiger partial charge on any atom is 0.409 e. The summed E-state index contributed by atoms with van der Waals surface area (Å²) < 4.78 is 4.96. The zero-order valence-corrected chi connectivity index (χ0v) is 15.0. The van der Waals surface area contributed by atoms with Gasteiger partial charge in [0, 0.05) is 54.0 Å². The second kappa shape index (κ2) is 6.20. The van der Waals surface area contributed by atoms with Crippen molar-refractivity contribution in [2.45, 2.75) is 12.0 Å². The first-order valence-electron chi connectivity index (χ1n) is 9.00. The van der Waals surface area contributed by atoms with E-state index in [9.17, 15) is 20.0 Å². The lowest BCUT2D eigenvalue weighted by molar-refractivity contribution is -0.385. The lowest BCUT2D eigenvalue weighted by atomic mass is 9.63. The van der Waals surface area contributed by atoms with Crippen molar-refractivity contribution in [3.63, 3.8) is 0 Å². The smallest absolute Gasteiger partial charge is 0.409 e. The lowest BCUT2D eigenvalue weighted by Crippen LogP contribution is -2.48. The Morgan fingerprint density at radius 3 is 2.85 bits per heavy atom. The fraction of sp³-hybridized carbons (Fsp3) is 0.450. The molecule has 27 heavy (non-hydrogen) atoms. The van der Waals surface area contributed by atoms with E-state index in [1.807, 2.05) is 12.2 Å². The number of aliphatic hydroxyl groups is 1. The summed E-state index contributed by atoms with van der Waals surface area (Å²) in [5.41, 5.74) is 0.264. The first kappa shape index (κ1) is 17.7. The number of benzene rings is 1. The van der Waals surface area contributed by atoms with Gasteiger partial charge in [0.05, 0.1) is 12.0 Å². The number of nitrogens with zero attached hydrogens (tertiary/aromatic N) is 2. The van der Waals surface area contributed by atoms with E-state index in [2.05, 4.69) is 12.7 Å². The number of nitro benzene ring substituents is 1. The first-order valence-corrected chi connectivity index (χ1v) is 9.00. The first-order chi connectivity index (χ1) is 13.0. The van der Waals surface area contributed by atoms with Crippen LogP contribution in [0.2, 0.25) is 0 Å². The molecule has 2 aliphatic carbocycles. The summed E-state index contributed by atoms with van der Waals surface area (Å²) in [5.74, 6) is -0.431. The van der Waals surface area contributed by atoms with Crippen LogP contribution in [-0.2, 0) is 4.74 Å². The number of para-hydroxylation sites is 1. The Morgan fingerprint density at radius 2 is 2.22 bits per heavy atom. The second-order valence-corrected chi connectivity index (χ2v) is 7.53. The van der Waals surface area contributed by atoms with E-state index in [-0.39, 0.29) is 46.9 Å². The number of piperidine rings is 1. The fourth-order valence-corrected chi connectivity index (χ4v) is 5.78. The molecule has 1 aliphatic heterocycles. The molecule has 4 rings (SSSR count). The van der Waals surface area contributed by atoms with Gasteiger partial charge in [0.15, 0.2) is 0 Å². The third kappa shape index (κ3) is 2.21. The molecule has 0 unspecified atom stereocenters. The van der Waals surface area contributed by atoms with Crippen LogP contribution in [0.5, 0.6) is 0 Å². The third-order valence-electron chi connectivity index (χ3n) is 6.72. The number of hydrogen-bond donors (Lipinski definition) is 1. The minimum Gasteiger partial charge on any atom is -0.453 e. The van der Waals surface area contributed by atoms with E-state index >= 15 is 0 Å². The Kier molecular flexibility index (Phi) is 4.07. The van der Waals surface area contributed by atoms with Gasteiger partial charge < -0.3 is 14.7 Å². The number of amides is 1. The largest absolute Gasteiger partial charge is 0.453 e. The van der Waals surface area contributed by atoms with Gasteiger partial charge in [-0.2, -0.15) is 0 Å². The number of likely N-dealkylation sites (tertiary alicyclic amines) is 1. The highest BCUT2D eigenvalue weighted by atomic mass is 16.6. The number of ether oxygens (including phenoxy) is 1. The van der Waals surface area contributed by atoms with Crippen molar-refractivity contribution >= 4 is 11.8 Å². The van der Waals surface area contributed by atoms with Crippen LogP contribution >= 0.6 is 0 Å². The zero-order valence-electron chi connectivity index (χ0n) is 15.0. The Hall–Kier alpha value is -2.67. The van der Waals surface area contributed by atoms with Crippen molar-refractivity contribution in [3.05, 3.63) is 64.8 Å². The number of allylic oxidation sites excluding steroid dienone is 2. The van der Waals surface area contributed by atoms with Gasteiger partial charge in [0.1, 0.15) is 0 Å². The van der Waals surface area contributed by atoms with Crippen molar-refractivity contribution in [1.82, 2.24) is 4.90 Å². The number of methoxy groups -OCH3 is 1. The summed E-state index contributed by atoms with van der Waals surface area (Å²) in [6.07, 6.45) is 5.49. The molecule has 1 saturated carbocycles. The highest BCUT2D eigenvalue weighted by Gasteiger charge is 2.69. The van der Waals surface area contributed by atoms with Crippen LogP contribution in [0.15, 0.2) is 49.1 Å². The molecule has 7 heteroatoms. The van der Waals surface area contributed by atoms with Gasteiger partial charge in [0.2, 0.25) is 0 Å². The Labute approximate surface area is 157 Å². The van der Waals surface area contributed by atoms with Gasteiger partial charge in [-0.3, -0.25) is 10.1 Å². The summed E-state index contributed by atoms with van der Waals surface area (Å²) in [4.78, 5) is 25.3. The van der Waals surface area contributed by atoms with Crippen LogP contribution in [0.4, 0.5) is 10.5 Å². The summed E-state index contributed by atoms with van der Waals surface area (Å²) in [7, 11) is 1.34. The standard InChI is InChI=1S/C20H22N2O5/c1-3-20-11-21(19(24)27-2)18-14(10-23)15(20)9-8-13(17(18)20)12-6-4-5-7-16(12)22(25)26/h3-9,13-15,17-18,23H,1,10-11H2,2H3/t13-,14-,15+,17-,18+,20-/m0/s1. The average molecular weight is 370 g/mol. The van der Waals surface area contributed by atoms with E-state index < -0.39 is 11.5 Å². The quantitative estimate of drug-likeness (QED) is 0.500. The lowest BCUT2D eigenvalue weighted by Gasteiger charge is -2.42. The molecule has 1 heterocycles. The van der Waals surface area contributed by atoms with Crippen LogP contribution in [0, 0.1) is 33.3 Å². The Balaban J connectivity index is 1.87. The molecule has 1 aromatic rings. The minimum absolute atomic E-state index is 0.0509. The van der Waals surface area contributed by atoms with Crippen LogP contribution in [0.25, 0.3) is 0 Å². The topological polar surface area (TPSA) is 92.9 Å². The number of nitro groups is 1. The van der Waals surface area contributed by atoms with Gasteiger partial charge >= 0.3 is 6.09 Å². The monoisotopic (exact) mass is 370 g/mol. The number of rotatable bonds is 4. The molecule has 0 spiro atoms. The van der Waals surface area contributed by atoms with Gasteiger partial charge in [0.25, 0.3) is 5.69 Å². The van der Waals surface area contributed by atoms with Crippen molar-refractivity contribution < 1.29 is 19.6 Å². The predicted molar refractivity (Wildman–Crippen MR) is 98.1 cm³/mol. The van der Waals surface area contributed by atoms with Crippen molar-refractivity contribution in [3.8, 4) is 0 Å². The molecule has 1 N–H and O–H groups in total. The van der Waals surface area contributed by atoms with E-state index in [1.165, 1.54) is 13.2 Å². The maximum atomic E-state index is 12.4. The molecule has 1 aromatic carbocycles. The average Bonchev–Trinajstić information content (AvgIpc) is 3.11. The van der Waals surface area contributed by atoms with Crippen LogP contribution < -0.4 is 0 Å². The van der Waals surface area contributed by atoms with Gasteiger partial charge in [-0.25, -0.2) is 4.79 Å². The molecule has 7 nitrogen and oxygen atoms in total. The molecule has 0 aromatic heterocycles. The van der Waals surface area contributed by atoms with Crippen LogP contribution in [-0.4, -0.2) is 47.3 Å². The summed E-state index contributed by atoms with van der Waals surface area (Å²) in [5, 5.41) is 21.6. The van der Waals surface area contributed by atoms with Crippen molar-refractivity contribution in [2.24, 2.45) is 23.2 Å². The SMILES string of the molecule is C=C[C@]12CN(C(=O)OC)[C@@H]3[C@@H](CO)[C@H]1C=C[C@@H](c1ccccc1[N+](=O)[O-])[C@@H]32. The second-order valence-electron chi connectivity index (χ2n) is 7.53. The molecule has 1 amide bonds. The molecule has 4 bridgehead atoms. The van der Waals surface area contributed by atoms with Crippen molar-refractivity contribution in [2.75, 3.05) is 20.3 Å². The molecule has 1 saturated heterocycles. The molecular formula is C20H22N2O5. The highest BCUT2D eigenvalue weighted by Crippen LogP contribution is 2.66. The van der Waals surface area contributed by atoms with E-state index in [0.717, 1.165) is 0 Å². The molecule has 6 atom stereocenters. The van der Waals surface area contributed by atoms with E-state index in [1.54, 1.807) is 23.1 Å². The number of carbonyl (C=O) groups is 1. The fourth-order valence-electron chi connectivity index (χ4n) is 5.78. The van der Waals surface area contributed by atoms with Gasteiger partial charge in [-0.15, -0.1) is 6.58 Å². The molecule has 3 aliphatic rings. The van der Waals surface area contributed by atoms with E-state index in [0.29, 0.717) is 12.1 Å². The number of hydrogen-bond acceptors (Lipinski definition) is 5. The predicted octanol–water partition coefficient (Wildman–Crippen LogP) is 2.73. The van der Waals surface area contributed by atoms with Crippen molar-refractivity contribution in [1.29, 1.82) is 0 Å². The van der Waals surface area contributed by atoms with Gasteiger partial charge in [-0.05, 0) is 5.92 Å². The van der Waals surface area contributed by atoms with Crippen LogP contribution in [0.1, 0.15) is 11.5 Å². The third-order valence-corrected chi connectivity index (χ3v) is 6.72. The Bertz CT molecular complexity index is 837. The Morgan fingerprint density at radius 1 is 1.48 bits per heavy atom. The highest BCUT2D eigenvalue weighted by molar-refractivity contribution is 5.70. The molecule has 0 radical (unpaired) electrons. The molecule has 2 fully saturated rings. The minimum atomic E-state index is -0.436. The molecule has 142 valence electrons. The van der Waals surface area contributed by atoms with E-state index in [4.69, 9.17) is 4.74 Å². The molecular weight excluding hydrogens is 348 g/mol. The summed E-state index contributed by atoms with van der Waals surface area (Å²) in [6, 6.07) is 6.47. The van der Waals surface area contributed by atoms with Gasteiger partial charge in [-0.1, -0.05) is 36.4 Å².